The van der Waals surface area contributed by atoms with Crippen molar-refractivity contribution in [2.75, 3.05) is 6.54 Å². The fraction of sp³-hybridized carbons (Fsp3) is 1.00. The van der Waals surface area contributed by atoms with Crippen LogP contribution in [0.1, 0.15) is 19.3 Å². The summed E-state index contributed by atoms with van der Waals surface area (Å²) in [7, 11) is -3.44. The maximum absolute atomic E-state index is 10.3. The molecule has 0 unspecified atom stereocenters. The Labute approximate surface area is 61.0 Å². The van der Waals surface area contributed by atoms with E-state index in [0.717, 1.165) is 12.3 Å². The molecule has 1 aliphatic rings. The van der Waals surface area contributed by atoms with Gasteiger partial charge in [-0.05, 0) is 12.3 Å². The summed E-state index contributed by atoms with van der Waals surface area (Å²) in [4.78, 5) is 0. The zero-order valence-corrected chi connectivity index (χ0v) is 6.52. The van der Waals surface area contributed by atoms with Crippen LogP contribution in [-0.4, -0.2) is 15.0 Å². The molecule has 60 valence electrons. The molecule has 5 heteroatoms. The first kappa shape index (κ1) is 7.97. The predicted molar refractivity (Wildman–Crippen MR) is 38.5 cm³/mol. The van der Waals surface area contributed by atoms with E-state index in [9.17, 15) is 8.42 Å². The van der Waals surface area contributed by atoms with Gasteiger partial charge in [-0.2, -0.15) is 8.42 Å². The minimum atomic E-state index is -3.44. The first-order valence-electron chi connectivity index (χ1n) is 3.35. The Morgan fingerprint density at radius 1 is 1.50 bits per heavy atom. The van der Waals surface area contributed by atoms with Crippen molar-refractivity contribution in [1.82, 2.24) is 4.72 Å². The second-order valence-corrected chi connectivity index (χ2v) is 4.05. The summed E-state index contributed by atoms with van der Waals surface area (Å²) in [5.74, 6) is 0.745. The number of hydrogen-bond donors (Lipinski definition) is 2. The highest BCUT2D eigenvalue weighted by Gasteiger charge is 2.20. The summed E-state index contributed by atoms with van der Waals surface area (Å²) in [6, 6.07) is 0. The van der Waals surface area contributed by atoms with Crippen molar-refractivity contribution in [1.29, 1.82) is 0 Å². The lowest BCUT2D eigenvalue weighted by molar-refractivity contribution is 0.577. The van der Waals surface area contributed by atoms with Crippen LogP contribution in [-0.2, 0) is 10.2 Å². The molecule has 1 aliphatic carbocycles. The van der Waals surface area contributed by atoms with Gasteiger partial charge in [-0.15, -0.1) is 0 Å². The first-order chi connectivity index (χ1) is 4.58. The highest BCUT2D eigenvalue weighted by molar-refractivity contribution is 7.87. The Bertz CT molecular complexity index is 196. The van der Waals surface area contributed by atoms with E-state index in [4.69, 9.17) is 5.14 Å². The Balaban J connectivity index is 2.04. The van der Waals surface area contributed by atoms with Crippen molar-refractivity contribution < 1.29 is 8.42 Å². The van der Waals surface area contributed by atoms with Crippen LogP contribution in [0.4, 0.5) is 0 Å². The molecular weight excluding hydrogens is 152 g/mol. The molecule has 0 bridgehead atoms. The second-order valence-electron chi connectivity index (χ2n) is 2.67. The van der Waals surface area contributed by atoms with Gasteiger partial charge >= 0.3 is 0 Å². The highest BCUT2D eigenvalue weighted by atomic mass is 32.2. The molecule has 1 saturated carbocycles. The van der Waals surface area contributed by atoms with Crippen LogP contribution in [0.5, 0.6) is 0 Å². The number of rotatable bonds is 4. The van der Waals surface area contributed by atoms with Crippen molar-refractivity contribution in [3.05, 3.63) is 0 Å². The maximum Gasteiger partial charge on any atom is 0.274 e. The van der Waals surface area contributed by atoms with Gasteiger partial charge < -0.3 is 0 Å². The van der Waals surface area contributed by atoms with Gasteiger partial charge in [-0.1, -0.05) is 12.8 Å². The predicted octanol–water partition coefficient (Wildman–Crippen LogP) is -0.420. The quantitative estimate of drug-likeness (QED) is 0.592. The smallest absolute Gasteiger partial charge is 0.216 e. The average molecular weight is 164 g/mol. The lowest BCUT2D eigenvalue weighted by Gasteiger charge is -1.98. The van der Waals surface area contributed by atoms with E-state index in [0.29, 0.717) is 6.54 Å². The molecule has 0 heterocycles. The summed E-state index contributed by atoms with van der Waals surface area (Å²) >= 11 is 0. The third-order valence-electron chi connectivity index (χ3n) is 1.55. The minimum absolute atomic E-state index is 0.490. The minimum Gasteiger partial charge on any atom is -0.216 e. The van der Waals surface area contributed by atoms with E-state index in [1.807, 2.05) is 0 Å². The number of nitrogens with two attached hydrogens (primary N) is 1. The molecule has 0 radical (unpaired) electrons. The van der Waals surface area contributed by atoms with E-state index < -0.39 is 10.2 Å². The number of nitrogens with one attached hydrogen (secondary N) is 1. The largest absolute Gasteiger partial charge is 0.274 e. The van der Waals surface area contributed by atoms with Crippen LogP contribution >= 0.6 is 0 Å². The molecule has 0 aromatic rings. The molecule has 0 amide bonds. The fourth-order valence-corrected chi connectivity index (χ4v) is 1.21. The second kappa shape index (κ2) is 2.86. The molecule has 1 fully saturated rings. The van der Waals surface area contributed by atoms with Gasteiger partial charge in [-0.3, -0.25) is 0 Å². The summed E-state index contributed by atoms with van der Waals surface area (Å²) in [5, 5.41) is 4.70. The molecule has 1 rings (SSSR count). The van der Waals surface area contributed by atoms with Crippen LogP contribution in [0.15, 0.2) is 0 Å². The fourth-order valence-electron chi connectivity index (χ4n) is 0.812. The third kappa shape index (κ3) is 3.81. The van der Waals surface area contributed by atoms with Crippen molar-refractivity contribution in [2.24, 2.45) is 11.1 Å². The van der Waals surface area contributed by atoms with E-state index in [1.165, 1.54) is 12.8 Å². The summed E-state index contributed by atoms with van der Waals surface area (Å²) in [5.41, 5.74) is 0. The molecule has 10 heavy (non-hydrogen) atoms. The molecule has 0 aromatic heterocycles. The monoisotopic (exact) mass is 164 g/mol. The zero-order chi connectivity index (χ0) is 7.61. The SMILES string of the molecule is NS(=O)(=O)NCCC1CC1. The van der Waals surface area contributed by atoms with Gasteiger partial charge in [0, 0.05) is 6.54 Å². The standard InChI is InChI=1S/C5H12N2O2S/c6-10(8,9)7-4-3-5-1-2-5/h5,7H,1-4H2,(H2,6,8,9). The summed E-state index contributed by atoms with van der Waals surface area (Å²) in [6.45, 7) is 0.490. The Morgan fingerprint density at radius 2 is 2.10 bits per heavy atom. The topological polar surface area (TPSA) is 72.2 Å². The first-order valence-corrected chi connectivity index (χ1v) is 4.90. The third-order valence-corrected chi connectivity index (χ3v) is 2.16. The van der Waals surface area contributed by atoms with Crippen molar-refractivity contribution in [3.8, 4) is 0 Å². The molecule has 3 N–H and O–H groups in total. The molecule has 0 aromatic carbocycles. The van der Waals surface area contributed by atoms with Crippen LogP contribution < -0.4 is 9.86 Å². The maximum atomic E-state index is 10.3. The molecule has 0 spiro atoms. The van der Waals surface area contributed by atoms with Crippen LogP contribution in [0.25, 0.3) is 0 Å². The van der Waals surface area contributed by atoms with Crippen LogP contribution in [0.3, 0.4) is 0 Å². The Hall–Kier alpha value is -0.130. The van der Waals surface area contributed by atoms with E-state index in [2.05, 4.69) is 4.72 Å². The lowest BCUT2D eigenvalue weighted by atomic mass is 10.3. The normalized spacial score (nSPS) is 19.3. The van der Waals surface area contributed by atoms with E-state index in [-0.39, 0.29) is 0 Å². The van der Waals surface area contributed by atoms with E-state index in [1.54, 1.807) is 0 Å². The molecule has 0 saturated heterocycles. The summed E-state index contributed by atoms with van der Waals surface area (Å²) in [6.07, 6.45) is 3.41. The lowest BCUT2D eigenvalue weighted by Crippen LogP contribution is -2.31. The van der Waals surface area contributed by atoms with Crippen LogP contribution in [0.2, 0.25) is 0 Å². The van der Waals surface area contributed by atoms with Crippen LogP contribution in [0, 0.1) is 5.92 Å². The molecule has 0 aliphatic heterocycles. The van der Waals surface area contributed by atoms with Crippen molar-refractivity contribution >= 4 is 10.2 Å². The van der Waals surface area contributed by atoms with Crippen molar-refractivity contribution in [2.45, 2.75) is 19.3 Å². The van der Waals surface area contributed by atoms with Crippen molar-refractivity contribution in [3.63, 3.8) is 0 Å². The molecule has 0 atom stereocenters. The molecular formula is C5H12N2O2S. The highest BCUT2D eigenvalue weighted by Crippen LogP contribution is 2.31. The van der Waals surface area contributed by atoms with Gasteiger partial charge in [0.15, 0.2) is 0 Å². The Kier molecular flexibility index (Phi) is 2.28. The Morgan fingerprint density at radius 3 is 2.50 bits per heavy atom. The average Bonchev–Trinajstić information content (AvgIpc) is 2.45. The van der Waals surface area contributed by atoms with E-state index >= 15 is 0 Å². The number of hydrogen-bond acceptors (Lipinski definition) is 2. The summed E-state index contributed by atoms with van der Waals surface area (Å²) < 4.78 is 22.8. The zero-order valence-electron chi connectivity index (χ0n) is 5.71. The van der Waals surface area contributed by atoms with Gasteiger partial charge in [0.05, 0.1) is 0 Å². The van der Waals surface area contributed by atoms with Gasteiger partial charge in [0.2, 0.25) is 0 Å². The molecule has 4 nitrogen and oxygen atoms in total. The van der Waals surface area contributed by atoms with Gasteiger partial charge in [-0.25, -0.2) is 9.86 Å². The van der Waals surface area contributed by atoms with Gasteiger partial charge in [0.1, 0.15) is 0 Å². The van der Waals surface area contributed by atoms with Gasteiger partial charge in [0.25, 0.3) is 10.2 Å².